The number of fused-ring (bicyclic) bond motifs is 1. The van der Waals surface area contributed by atoms with E-state index in [1.54, 1.807) is 24.5 Å². The lowest BCUT2D eigenvalue weighted by atomic mass is 9.87. The van der Waals surface area contributed by atoms with Crippen LogP contribution >= 0.6 is 0 Å². The van der Waals surface area contributed by atoms with Crippen LogP contribution in [0.25, 0.3) is 16.8 Å². The Hall–Kier alpha value is -4.79. The molecule has 6 rings (SSSR count). The number of hydrogen-bond donors (Lipinski definition) is 1. The zero-order chi connectivity index (χ0) is 27.7. The van der Waals surface area contributed by atoms with Gasteiger partial charge in [0.2, 0.25) is 0 Å². The van der Waals surface area contributed by atoms with Gasteiger partial charge in [-0.3, -0.25) is 14.3 Å². The van der Waals surface area contributed by atoms with Crippen LogP contribution in [0.15, 0.2) is 91.4 Å². The first-order chi connectivity index (χ1) is 19.5. The molecule has 9 heteroatoms. The number of aromatic nitrogens is 3. The first-order valence-electron chi connectivity index (χ1n) is 13.0. The largest absolute Gasteiger partial charge is 0.489 e. The molecule has 0 radical (unpaired) electrons. The molecule has 0 bridgehead atoms. The van der Waals surface area contributed by atoms with E-state index in [1.165, 1.54) is 17.0 Å². The van der Waals surface area contributed by atoms with Crippen molar-refractivity contribution in [1.29, 1.82) is 0 Å². The van der Waals surface area contributed by atoms with Crippen LogP contribution in [-0.2, 0) is 18.6 Å². The fraction of sp³-hybridized carbons (Fsp3) is 0.194. The molecule has 5 aromatic rings. The molecule has 1 unspecified atom stereocenters. The molecule has 7 nitrogen and oxygen atoms in total. The first-order valence-corrected chi connectivity index (χ1v) is 13.0. The van der Waals surface area contributed by atoms with E-state index in [9.17, 15) is 18.7 Å². The average molecular weight is 541 g/mol. The van der Waals surface area contributed by atoms with Gasteiger partial charge in [-0.25, -0.2) is 18.6 Å². The number of nitrogens with zero attached hydrogens (tertiary/aromatic N) is 4. The normalized spacial score (nSPS) is 16.9. The van der Waals surface area contributed by atoms with Crippen LogP contribution in [0, 0.1) is 11.6 Å². The van der Waals surface area contributed by atoms with Crippen LogP contribution in [0.5, 0.6) is 5.75 Å². The Labute approximate surface area is 229 Å². The van der Waals surface area contributed by atoms with Gasteiger partial charge in [0.1, 0.15) is 23.7 Å². The van der Waals surface area contributed by atoms with E-state index < -0.39 is 23.3 Å². The highest BCUT2D eigenvalue weighted by Gasteiger charge is 2.48. The number of benzene rings is 3. The van der Waals surface area contributed by atoms with Crippen LogP contribution < -0.4 is 4.74 Å². The predicted molar refractivity (Wildman–Crippen MR) is 145 cm³/mol. The summed E-state index contributed by atoms with van der Waals surface area (Å²) in [5, 5.41) is 10.2. The summed E-state index contributed by atoms with van der Waals surface area (Å²) >= 11 is 0. The summed E-state index contributed by atoms with van der Waals surface area (Å²) in [5.41, 5.74) is 2.50. The Balaban J connectivity index is 1.37. The molecule has 1 aliphatic heterocycles. The summed E-state index contributed by atoms with van der Waals surface area (Å²) in [4.78, 5) is 23.4. The van der Waals surface area contributed by atoms with Crippen molar-refractivity contribution in [3.63, 3.8) is 0 Å². The lowest BCUT2D eigenvalue weighted by Crippen LogP contribution is -2.47. The van der Waals surface area contributed by atoms with E-state index in [4.69, 9.17) is 9.72 Å². The zero-order valence-electron chi connectivity index (χ0n) is 21.5. The second kappa shape index (κ2) is 10.4. The zero-order valence-corrected chi connectivity index (χ0v) is 21.5. The number of carboxylic acid groups (broad SMARTS) is 1. The molecule has 1 atom stereocenters. The number of hydrogen-bond acceptors (Lipinski definition) is 4. The van der Waals surface area contributed by atoms with Gasteiger partial charge in [-0.05, 0) is 48.7 Å². The summed E-state index contributed by atoms with van der Waals surface area (Å²) in [6.07, 6.45) is 6.09. The molecule has 1 aliphatic rings. The highest BCUT2D eigenvalue weighted by atomic mass is 19.2. The van der Waals surface area contributed by atoms with Gasteiger partial charge in [0.15, 0.2) is 11.6 Å². The molecular formula is C31H26F2N4O3. The minimum absolute atomic E-state index is 0.114. The Morgan fingerprint density at radius 1 is 1.02 bits per heavy atom. The number of amides is 1. The average Bonchev–Trinajstić information content (AvgIpc) is 3.58. The fourth-order valence-electron chi connectivity index (χ4n) is 5.60. The highest BCUT2D eigenvalue weighted by molar-refractivity contribution is 5.78. The van der Waals surface area contributed by atoms with Gasteiger partial charge >= 0.3 is 6.09 Å². The van der Waals surface area contributed by atoms with Gasteiger partial charge < -0.3 is 9.84 Å². The third-order valence-electron chi connectivity index (χ3n) is 7.48. The third-order valence-corrected chi connectivity index (χ3v) is 7.48. The third kappa shape index (κ3) is 4.53. The Kier molecular flexibility index (Phi) is 6.63. The SMILES string of the molecule is O=C(O)N1CCCC1(Cc1ccccc1)c1nc(-c2ccc(OCc3cccc(F)c3F)cc2)c2cnccn12. The standard InChI is InChI=1S/C31H26F2N4O3/c32-25-9-4-8-23(27(25)33)20-40-24-12-10-22(11-13-24)28-26-19-34-15-17-36(26)29(35-28)31(14-5-16-37(31)30(38)39)18-21-6-2-1-3-7-21/h1-4,6-13,15,17,19H,5,14,16,18,20H2,(H,38,39). The lowest BCUT2D eigenvalue weighted by Gasteiger charge is -2.36. The predicted octanol–water partition coefficient (Wildman–Crippen LogP) is 6.47. The summed E-state index contributed by atoms with van der Waals surface area (Å²) in [5.74, 6) is -0.704. The van der Waals surface area contributed by atoms with Crippen molar-refractivity contribution in [2.45, 2.75) is 31.4 Å². The topological polar surface area (TPSA) is 80.0 Å². The number of ether oxygens (including phenoxy) is 1. The molecule has 3 aromatic carbocycles. The second-order valence-corrected chi connectivity index (χ2v) is 9.87. The van der Waals surface area contributed by atoms with E-state index in [0.29, 0.717) is 36.7 Å². The van der Waals surface area contributed by atoms with E-state index in [0.717, 1.165) is 29.1 Å². The van der Waals surface area contributed by atoms with Crippen molar-refractivity contribution in [1.82, 2.24) is 19.3 Å². The van der Waals surface area contributed by atoms with Crippen LogP contribution in [-0.4, -0.2) is 37.0 Å². The van der Waals surface area contributed by atoms with Gasteiger partial charge in [0.25, 0.3) is 0 Å². The number of halogens is 2. The summed E-state index contributed by atoms with van der Waals surface area (Å²) < 4.78 is 35.2. The van der Waals surface area contributed by atoms with Gasteiger partial charge in [-0.2, -0.15) is 0 Å². The lowest BCUT2D eigenvalue weighted by molar-refractivity contribution is 0.0956. The second-order valence-electron chi connectivity index (χ2n) is 9.87. The highest BCUT2D eigenvalue weighted by Crippen LogP contribution is 2.43. The molecule has 3 heterocycles. The van der Waals surface area contributed by atoms with Gasteiger partial charge in [-0.1, -0.05) is 42.5 Å². The van der Waals surface area contributed by atoms with E-state index in [1.807, 2.05) is 53.1 Å². The molecule has 2 aromatic heterocycles. The molecular weight excluding hydrogens is 514 g/mol. The molecule has 1 N–H and O–H groups in total. The summed E-state index contributed by atoms with van der Waals surface area (Å²) in [6, 6.07) is 21.0. The Morgan fingerprint density at radius 2 is 1.82 bits per heavy atom. The summed E-state index contributed by atoms with van der Waals surface area (Å²) in [6.45, 7) is 0.312. The van der Waals surface area contributed by atoms with Crippen molar-refractivity contribution in [3.8, 4) is 17.0 Å². The summed E-state index contributed by atoms with van der Waals surface area (Å²) in [7, 11) is 0. The van der Waals surface area contributed by atoms with Crippen LogP contribution in [0.2, 0.25) is 0 Å². The van der Waals surface area contributed by atoms with Gasteiger partial charge in [0.05, 0.1) is 17.4 Å². The Morgan fingerprint density at radius 3 is 2.60 bits per heavy atom. The molecule has 40 heavy (non-hydrogen) atoms. The monoisotopic (exact) mass is 540 g/mol. The van der Waals surface area contributed by atoms with E-state index in [2.05, 4.69) is 4.98 Å². The van der Waals surface area contributed by atoms with Crippen LogP contribution in [0.4, 0.5) is 13.6 Å². The van der Waals surface area contributed by atoms with Gasteiger partial charge in [-0.15, -0.1) is 0 Å². The van der Waals surface area contributed by atoms with E-state index in [-0.39, 0.29) is 12.2 Å². The minimum Gasteiger partial charge on any atom is -0.489 e. The number of imidazole rings is 1. The number of rotatable bonds is 7. The molecule has 1 fully saturated rings. The molecule has 0 saturated carbocycles. The fourth-order valence-corrected chi connectivity index (χ4v) is 5.60. The van der Waals surface area contributed by atoms with Crippen molar-refractivity contribution in [2.75, 3.05) is 6.54 Å². The molecule has 0 aliphatic carbocycles. The van der Waals surface area contributed by atoms with Crippen molar-refractivity contribution >= 4 is 11.6 Å². The molecule has 1 amide bonds. The molecule has 0 spiro atoms. The number of likely N-dealkylation sites (tertiary alicyclic amines) is 1. The van der Waals surface area contributed by atoms with Crippen LogP contribution in [0.3, 0.4) is 0 Å². The molecule has 1 saturated heterocycles. The maximum absolute atomic E-state index is 14.0. The number of carbonyl (C=O) groups is 1. The quantitative estimate of drug-likeness (QED) is 0.256. The van der Waals surface area contributed by atoms with Crippen LogP contribution in [0.1, 0.15) is 29.8 Å². The van der Waals surface area contributed by atoms with Crippen molar-refractivity contribution in [3.05, 3.63) is 120 Å². The maximum Gasteiger partial charge on any atom is 0.408 e. The molecule has 202 valence electrons. The first kappa shape index (κ1) is 25.5. The van der Waals surface area contributed by atoms with Crippen molar-refractivity contribution < 1.29 is 23.4 Å². The smallest absolute Gasteiger partial charge is 0.408 e. The van der Waals surface area contributed by atoms with Crippen molar-refractivity contribution in [2.24, 2.45) is 0 Å². The van der Waals surface area contributed by atoms with E-state index >= 15 is 0 Å². The maximum atomic E-state index is 14.0. The Bertz CT molecular complexity index is 1670. The minimum atomic E-state index is -0.975. The van der Waals surface area contributed by atoms with Gasteiger partial charge in [0, 0.05) is 36.5 Å².